The molecule has 0 amide bonds. The third-order valence-electron chi connectivity index (χ3n) is 3.33. The van der Waals surface area contributed by atoms with E-state index >= 15 is 0 Å². The first kappa shape index (κ1) is 13.5. The van der Waals surface area contributed by atoms with E-state index in [2.05, 4.69) is 16.0 Å². The van der Waals surface area contributed by atoms with E-state index in [-0.39, 0.29) is 17.9 Å². The molecule has 1 atom stereocenters. The van der Waals surface area contributed by atoms with Crippen LogP contribution in [-0.2, 0) is 16.6 Å². The van der Waals surface area contributed by atoms with E-state index in [4.69, 9.17) is 4.74 Å². The van der Waals surface area contributed by atoms with E-state index in [1.165, 1.54) is 12.6 Å². The summed E-state index contributed by atoms with van der Waals surface area (Å²) in [6.45, 7) is 3.99. The standard InChI is InChI=1S/C15H20N2O2/c1-10(2)14(15(18)19-4)16-12-5-6-13-11(9-12)7-8-17(13)3/h5-10,14,16H,1-4H3. The van der Waals surface area contributed by atoms with E-state index < -0.39 is 0 Å². The van der Waals surface area contributed by atoms with Crippen molar-refractivity contribution in [2.45, 2.75) is 19.9 Å². The van der Waals surface area contributed by atoms with Gasteiger partial charge in [-0.05, 0) is 30.2 Å². The molecule has 0 aliphatic rings. The summed E-state index contributed by atoms with van der Waals surface area (Å²) in [5, 5.41) is 4.40. The van der Waals surface area contributed by atoms with Crippen LogP contribution in [0.15, 0.2) is 30.5 Å². The van der Waals surface area contributed by atoms with Crippen LogP contribution in [0.3, 0.4) is 0 Å². The Morgan fingerprint density at radius 3 is 2.68 bits per heavy atom. The number of esters is 1. The Balaban J connectivity index is 2.26. The lowest BCUT2D eigenvalue weighted by Crippen LogP contribution is -2.35. The minimum atomic E-state index is -0.328. The van der Waals surface area contributed by atoms with Gasteiger partial charge in [-0.3, -0.25) is 0 Å². The maximum atomic E-state index is 11.7. The maximum Gasteiger partial charge on any atom is 0.328 e. The van der Waals surface area contributed by atoms with E-state index in [0.29, 0.717) is 0 Å². The number of carbonyl (C=O) groups excluding carboxylic acids is 1. The monoisotopic (exact) mass is 260 g/mol. The fourth-order valence-electron chi connectivity index (χ4n) is 2.18. The first-order valence-electron chi connectivity index (χ1n) is 6.42. The number of rotatable bonds is 4. The summed E-state index contributed by atoms with van der Waals surface area (Å²) >= 11 is 0. The van der Waals surface area contributed by atoms with Crippen molar-refractivity contribution >= 4 is 22.6 Å². The number of nitrogens with one attached hydrogen (secondary N) is 1. The van der Waals surface area contributed by atoms with Crippen LogP contribution in [-0.4, -0.2) is 23.7 Å². The Labute approximate surface area is 113 Å². The normalized spacial score (nSPS) is 12.7. The minimum absolute atomic E-state index is 0.166. The van der Waals surface area contributed by atoms with Crippen LogP contribution in [0.4, 0.5) is 5.69 Å². The van der Waals surface area contributed by atoms with E-state index in [0.717, 1.165) is 11.1 Å². The average molecular weight is 260 g/mol. The molecular weight excluding hydrogens is 240 g/mol. The lowest BCUT2D eigenvalue weighted by atomic mass is 10.0. The summed E-state index contributed by atoms with van der Waals surface area (Å²) in [5.74, 6) is -0.0675. The lowest BCUT2D eigenvalue weighted by molar-refractivity contribution is -0.142. The molecule has 1 N–H and O–H groups in total. The number of ether oxygens (including phenoxy) is 1. The van der Waals surface area contributed by atoms with Gasteiger partial charge in [-0.15, -0.1) is 0 Å². The van der Waals surface area contributed by atoms with Gasteiger partial charge in [0.1, 0.15) is 6.04 Å². The molecule has 0 fully saturated rings. The Kier molecular flexibility index (Phi) is 3.79. The summed E-state index contributed by atoms with van der Waals surface area (Å²) < 4.78 is 6.90. The third-order valence-corrected chi connectivity index (χ3v) is 3.33. The highest BCUT2D eigenvalue weighted by Crippen LogP contribution is 2.21. The Bertz CT molecular complexity index is 587. The summed E-state index contributed by atoms with van der Waals surface area (Å²) in [6, 6.07) is 7.81. The minimum Gasteiger partial charge on any atom is -0.467 e. The van der Waals surface area contributed by atoms with Crippen molar-refractivity contribution in [1.29, 1.82) is 0 Å². The molecule has 1 aromatic carbocycles. The van der Waals surface area contributed by atoms with Crippen LogP contribution in [0.5, 0.6) is 0 Å². The number of carbonyl (C=O) groups is 1. The fraction of sp³-hybridized carbons (Fsp3) is 0.400. The van der Waals surface area contributed by atoms with Crippen LogP contribution < -0.4 is 5.32 Å². The van der Waals surface area contributed by atoms with Gasteiger partial charge in [-0.1, -0.05) is 13.8 Å². The van der Waals surface area contributed by atoms with Gasteiger partial charge in [-0.25, -0.2) is 4.79 Å². The van der Waals surface area contributed by atoms with Crippen LogP contribution in [0.2, 0.25) is 0 Å². The third kappa shape index (κ3) is 2.72. The van der Waals surface area contributed by atoms with Crippen LogP contribution in [0.25, 0.3) is 10.9 Å². The van der Waals surface area contributed by atoms with Crippen molar-refractivity contribution in [2.75, 3.05) is 12.4 Å². The predicted octanol–water partition coefficient (Wildman–Crippen LogP) is 2.79. The molecule has 0 aliphatic carbocycles. The molecule has 0 aliphatic heterocycles. The largest absolute Gasteiger partial charge is 0.467 e. The summed E-state index contributed by atoms with van der Waals surface area (Å²) in [5.41, 5.74) is 2.10. The molecular formula is C15H20N2O2. The number of methoxy groups -OCH3 is 1. The molecule has 1 unspecified atom stereocenters. The Hall–Kier alpha value is -1.97. The van der Waals surface area contributed by atoms with E-state index in [9.17, 15) is 4.79 Å². The molecule has 4 nitrogen and oxygen atoms in total. The van der Waals surface area contributed by atoms with Gasteiger partial charge in [0.25, 0.3) is 0 Å². The predicted molar refractivity (Wildman–Crippen MR) is 77.2 cm³/mol. The van der Waals surface area contributed by atoms with Crippen molar-refractivity contribution in [2.24, 2.45) is 13.0 Å². The van der Waals surface area contributed by atoms with E-state index in [1.54, 1.807) is 0 Å². The highest BCUT2D eigenvalue weighted by molar-refractivity contribution is 5.85. The molecule has 1 heterocycles. The topological polar surface area (TPSA) is 43.3 Å². The zero-order valence-electron chi connectivity index (χ0n) is 11.8. The zero-order valence-corrected chi connectivity index (χ0v) is 11.8. The van der Waals surface area contributed by atoms with Crippen LogP contribution in [0, 0.1) is 5.92 Å². The summed E-state index contributed by atoms with van der Waals surface area (Å²) in [7, 11) is 3.43. The van der Waals surface area contributed by atoms with Gasteiger partial charge in [0.15, 0.2) is 0 Å². The van der Waals surface area contributed by atoms with Crippen LogP contribution >= 0.6 is 0 Å². The first-order chi connectivity index (χ1) is 9.02. The first-order valence-corrected chi connectivity index (χ1v) is 6.42. The number of hydrogen-bond donors (Lipinski definition) is 1. The maximum absolute atomic E-state index is 11.7. The van der Waals surface area contributed by atoms with Gasteiger partial charge in [-0.2, -0.15) is 0 Å². The molecule has 0 radical (unpaired) electrons. The van der Waals surface area contributed by atoms with Crippen molar-refractivity contribution in [3.05, 3.63) is 30.5 Å². The zero-order chi connectivity index (χ0) is 14.0. The second kappa shape index (κ2) is 5.34. The highest BCUT2D eigenvalue weighted by atomic mass is 16.5. The quantitative estimate of drug-likeness (QED) is 0.860. The van der Waals surface area contributed by atoms with Crippen molar-refractivity contribution in [1.82, 2.24) is 4.57 Å². The number of hydrogen-bond acceptors (Lipinski definition) is 3. The number of benzene rings is 1. The molecule has 2 rings (SSSR count). The summed E-state index contributed by atoms with van der Waals surface area (Å²) in [6.07, 6.45) is 2.02. The molecule has 0 saturated heterocycles. The van der Waals surface area contributed by atoms with E-state index in [1.807, 2.05) is 45.3 Å². The van der Waals surface area contributed by atoms with Crippen LogP contribution in [0.1, 0.15) is 13.8 Å². The molecule has 19 heavy (non-hydrogen) atoms. The second-order valence-corrected chi connectivity index (χ2v) is 5.09. The summed E-state index contributed by atoms with van der Waals surface area (Å²) in [4.78, 5) is 11.7. The molecule has 0 saturated carbocycles. The fourth-order valence-corrected chi connectivity index (χ4v) is 2.18. The highest BCUT2D eigenvalue weighted by Gasteiger charge is 2.22. The molecule has 2 aromatic rings. The molecule has 4 heteroatoms. The molecule has 0 bridgehead atoms. The molecule has 0 spiro atoms. The second-order valence-electron chi connectivity index (χ2n) is 5.09. The Morgan fingerprint density at radius 2 is 2.05 bits per heavy atom. The van der Waals surface area contributed by atoms with Gasteiger partial charge < -0.3 is 14.6 Å². The number of nitrogens with zero attached hydrogens (tertiary/aromatic N) is 1. The Morgan fingerprint density at radius 1 is 1.32 bits per heavy atom. The molecule has 1 aromatic heterocycles. The lowest BCUT2D eigenvalue weighted by Gasteiger charge is -2.21. The van der Waals surface area contributed by atoms with Gasteiger partial charge in [0, 0.05) is 29.8 Å². The van der Waals surface area contributed by atoms with Gasteiger partial charge in [0.2, 0.25) is 0 Å². The smallest absolute Gasteiger partial charge is 0.328 e. The van der Waals surface area contributed by atoms with Crippen molar-refractivity contribution < 1.29 is 9.53 Å². The number of fused-ring (bicyclic) bond motifs is 1. The van der Waals surface area contributed by atoms with Gasteiger partial charge >= 0.3 is 5.97 Å². The molecule has 102 valence electrons. The number of aryl methyl sites for hydroxylation is 1. The average Bonchev–Trinajstić information content (AvgIpc) is 2.76. The SMILES string of the molecule is COC(=O)C(Nc1ccc2c(ccn2C)c1)C(C)C. The number of aromatic nitrogens is 1. The van der Waals surface area contributed by atoms with Crippen molar-refractivity contribution in [3.63, 3.8) is 0 Å². The van der Waals surface area contributed by atoms with Crippen molar-refractivity contribution in [3.8, 4) is 0 Å². The number of anilines is 1. The van der Waals surface area contributed by atoms with Gasteiger partial charge in [0.05, 0.1) is 7.11 Å².